The van der Waals surface area contributed by atoms with Crippen molar-refractivity contribution in [2.75, 3.05) is 29.1 Å². The minimum atomic E-state index is 0.469. The summed E-state index contributed by atoms with van der Waals surface area (Å²) in [7, 11) is 0. The Kier molecular flexibility index (Phi) is 4.38. The van der Waals surface area contributed by atoms with Crippen molar-refractivity contribution in [3.8, 4) is 0 Å². The molecule has 4 nitrogen and oxygen atoms in total. The van der Waals surface area contributed by atoms with Gasteiger partial charge in [0.05, 0.1) is 10.7 Å². The average molecular weight is 289 g/mol. The number of hydrogen-bond acceptors (Lipinski definition) is 4. The lowest BCUT2D eigenvalue weighted by molar-refractivity contribution is 1.34. The zero-order valence-electron chi connectivity index (χ0n) is 10.9. The van der Waals surface area contributed by atoms with E-state index in [1.807, 2.05) is 36.4 Å². The van der Waals surface area contributed by atoms with Gasteiger partial charge in [-0.1, -0.05) is 23.8 Å². The Morgan fingerprint density at radius 1 is 1.00 bits per heavy atom. The summed E-state index contributed by atoms with van der Waals surface area (Å²) in [5, 5.41) is 3.71. The van der Waals surface area contributed by atoms with Gasteiger partial charge in [-0.05, 0) is 36.4 Å². The van der Waals surface area contributed by atoms with Crippen LogP contribution in [0.1, 0.15) is 5.56 Å². The molecule has 0 saturated heterocycles. The van der Waals surface area contributed by atoms with Crippen molar-refractivity contribution < 1.29 is 0 Å². The van der Waals surface area contributed by atoms with Crippen molar-refractivity contribution in [2.24, 2.45) is 0 Å². The van der Waals surface area contributed by atoms with E-state index in [0.717, 1.165) is 16.9 Å². The molecule has 0 aliphatic carbocycles. The molecule has 5 heteroatoms. The Bertz CT molecular complexity index is 621. The lowest BCUT2D eigenvalue weighted by Crippen LogP contribution is -1.99. The standard InChI is InChI=1S/C15H17ClN4/c16-14-9-12(18)8-10(15(14)19)2-1-7-20-13-5-3-11(17)4-6-13/h1-6,8-9,20H,7,17-19H2/b2-1+. The van der Waals surface area contributed by atoms with Gasteiger partial charge in [-0.2, -0.15) is 0 Å². The lowest BCUT2D eigenvalue weighted by atomic mass is 10.1. The summed E-state index contributed by atoms with van der Waals surface area (Å²) in [6.07, 6.45) is 3.85. The second-order valence-electron chi connectivity index (χ2n) is 4.41. The summed E-state index contributed by atoms with van der Waals surface area (Å²) >= 11 is 5.98. The highest BCUT2D eigenvalue weighted by Gasteiger charge is 2.02. The van der Waals surface area contributed by atoms with Crippen molar-refractivity contribution in [3.63, 3.8) is 0 Å². The van der Waals surface area contributed by atoms with Gasteiger partial charge in [0.1, 0.15) is 0 Å². The first kappa shape index (κ1) is 14.1. The molecule has 7 N–H and O–H groups in total. The van der Waals surface area contributed by atoms with Gasteiger partial charge in [-0.3, -0.25) is 0 Å². The van der Waals surface area contributed by atoms with Crippen LogP contribution in [0.2, 0.25) is 5.02 Å². The van der Waals surface area contributed by atoms with E-state index < -0.39 is 0 Å². The minimum Gasteiger partial charge on any atom is -0.399 e. The Morgan fingerprint density at radius 3 is 2.40 bits per heavy atom. The van der Waals surface area contributed by atoms with Crippen LogP contribution in [-0.4, -0.2) is 6.54 Å². The largest absolute Gasteiger partial charge is 0.399 e. The summed E-state index contributed by atoms with van der Waals surface area (Å²) in [4.78, 5) is 0. The van der Waals surface area contributed by atoms with Crippen LogP contribution >= 0.6 is 11.6 Å². The smallest absolute Gasteiger partial charge is 0.0662 e. The number of anilines is 4. The van der Waals surface area contributed by atoms with Crippen LogP contribution in [0.5, 0.6) is 0 Å². The molecule has 2 aromatic carbocycles. The minimum absolute atomic E-state index is 0.469. The molecule has 104 valence electrons. The highest BCUT2D eigenvalue weighted by Crippen LogP contribution is 2.27. The van der Waals surface area contributed by atoms with Crippen LogP contribution in [0.15, 0.2) is 42.5 Å². The molecule has 0 aliphatic heterocycles. The number of rotatable bonds is 4. The molecule has 0 unspecified atom stereocenters. The van der Waals surface area contributed by atoms with E-state index in [1.54, 1.807) is 12.1 Å². The fourth-order valence-electron chi connectivity index (χ4n) is 1.76. The third kappa shape index (κ3) is 3.59. The van der Waals surface area contributed by atoms with Gasteiger partial charge < -0.3 is 22.5 Å². The molecular weight excluding hydrogens is 272 g/mol. The van der Waals surface area contributed by atoms with Gasteiger partial charge in [0.25, 0.3) is 0 Å². The zero-order valence-corrected chi connectivity index (χ0v) is 11.7. The predicted octanol–water partition coefficient (Wildman–Crippen LogP) is 3.21. The zero-order chi connectivity index (χ0) is 14.5. The average Bonchev–Trinajstić information content (AvgIpc) is 2.42. The molecular formula is C15H17ClN4. The highest BCUT2D eigenvalue weighted by atomic mass is 35.5. The van der Waals surface area contributed by atoms with Gasteiger partial charge in [0.15, 0.2) is 0 Å². The fraction of sp³-hybridized carbons (Fsp3) is 0.0667. The molecule has 2 rings (SSSR count). The van der Waals surface area contributed by atoms with Crippen molar-refractivity contribution in [1.29, 1.82) is 0 Å². The Balaban J connectivity index is 1.98. The molecule has 0 heterocycles. The molecule has 20 heavy (non-hydrogen) atoms. The molecule has 0 atom stereocenters. The van der Waals surface area contributed by atoms with Crippen molar-refractivity contribution in [2.45, 2.75) is 0 Å². The number of nitrogens with one attached hydrogen (secondary N) is 1. The first-order chi connectivity index (χ1) is 9.56. The third-order valence-electron chi connectivity index (χ3n) is 2.82. The number of benzene rings is 2. The van der Waals surface area contributed by atoms with E-state index in [9.17, 15) is 0 Å². The normalized spacial score (nSPS) is 10.8. The monoisotopic (exact) mass is 288 g/mol. The Hall–Kier alpha value is -2.33. The third-order valence-corrected chi connectivity index (χ3v) is 3.13. The molecule has 0 radical (unpaired) electrons. The van der Waals surface area contributed by atoms with Crippen molar-refractivity contribution in [1.82, 2.24) is 0 Å². The molecule has 0 saturated carbocycles. The second-order valence-corrected chi connectivity index (χ2v) is 4.82. The van der Waals surface area contributed by atoms with E-state index in [1.165, 1.54) is 0 Å². The number of nitrogens with two attached hydrogens (primary N) is 3. The number of nitrogen functional groups attached to an aromatic ring is 3. The van der Waals surface area contributed by atoms with Crippen LogP contribution in [0.3, 0.4) is 0 Å². The Morgan fingerprint density at radius 2 is 1.70 bits per heavy atom. The molecule has 0 fully saturated rings. The van der Waals surface area contributed by atoms with Crippen molar-refractivity contribution in [3.05, 3.63) is 53.1 Å². The molecule has 2 aromatic rings. The van der Waals surface area contributed by atoms with E-state index in [2.05, 4.69) is 5.32 Å². The quantitative estimate of drug-likeness (QED) is 0.650. The predicted molar refractivity (Wildman–Crippen MR) is 88.7 cm³/mol. The first-order valence-electron chi connectivity index (χ1n) is 6.16. The molecule has 0 bridgehead atoms. The number of halogens is 1. The van der Waals surface area contributed by atoms with Gasteiger partial charge in [-0.25, -0.2) is 0 Å². The topological polar surface area (TPSA) is 90.1 Å². The SMILES string of the molecule is Nc1ccc(NC/C=C/c2cc(N)cc(Cl)c2N)cc1. The second kappa shape index (κ2) is 6.21. The van der Waals surface area contributed by atoms with E-state index >= 15 is 0 Å². The van der Waals surface area contributed by atoms with Crippen molar-refractivity contribution >= 4 is 40.4 Å². The van der Waals surface area contributed by atoms with Crippen LogP contribution in [0.25, 0.3) is 6.08 Å². The molecule has 0 aromatic heterocycles. The van der Waals surface area contributed by atoms with Gasteiger partial charge >= 0.3 is 0 Å². The highest BCUT2D eigenvalue weighted by molar-refractivity contribution is 6.33. The van der Waals surface area contributed by atoms with E-state index in [4.69, 9.17) is 28.8 Å². The lowest BCUT2D eigenvalue weighted by Gasteiger charge is -2.06. The first-order valence-corrected chi connectivity index (χ1v) is 6.54. The fourth-order valence-corrected chi connectivity index (χ4v) is 2.00. The van der Waals surface area contributed by atoms with E-state index in [0.29, 0.717) is 22.9 Å². The Labute approximate surface area is 123 Å². The van der Waals surface area contributed by atoms with Gasteiger partial charge in [0, 0.05) is 29.2 Å². The maximum Gasteiger partial charge on any atom is 0.0662 e. The molecule has 0 spiro atoms. The van der Waals surface area contributed by atoms with Gasteiger partial charge in [0.2, 0.25) is 0 Å². The van der Waals surface area contributed by atoms with Gasteiger partial charge in [-0.15, -0.1) is 0 Å². The summed E-state index contributed by atoms with van der Waals surface area (Å²) in [5.41, 5.74) is 20.9. The summed E-state index contributed by atoms with van der Waals surface area (Å²) < 4.78 is 0. The van der Waals surface area contributed by atoms with Crippen LogP contribution in [-0.2, 0) is 0 Å². The summed E-state index contributed by atoms with van der Waals surface area (Å²) in [6, 6.07) is 11.0. The maximum atomic E-state index is 5.98. The molecule has 0 aliphatic rings. The molecule has 0 amide bonds. The van der Waals surface area contributed by atoms with E-state index in [-0.39, 0.29) is 0 Å². The number of hydrogen-bond donors (Lipinski definition) is 4. The summed E-state index contributed by atoms with van der Waals surface area (Å²) in [5.74, 6) is 0. The van der Waals surface area contributed by atoms with Crippen LogP contribution < -0.4 is 22.5 Å². The summed E-state index contributed by atoms with van der Waals surface area (Å²) in [6.45, 7) is 0.662. The van der Waals surface area contributed by atoms with Crippen LogP contribution in [0, 0.1) is 0 Å². The van der Waals surface area contributed by atoms with Crippen LogP contribution in [0.4, 0.5) is 22.7 Å². The maximum absolute atomic E-state index is 5.98.